The number of likely N-dealkylation sites (tertiary alicyclic amines) is 1. The molecule has 1 aromatic carbocycles. The average molecular weight is 370 g/mol. The molecule has 1 aliphatic carbocycles. The van der Waals surface area contributed by atoms with E-state index in [1.54, 1.807) is 11.0 Å². The maximum Gasteiger partial charge on any atom is 0.303 e. The van der Waals surface area contributed by atoms with Crippen LogP contribution in [0.3, 0.4) is 0 Å². The summed E-state index contributed by atoms with van der Waals surface area (Å²) in [6.45, 7) is 0.612. The number of hydrogen-bond donors (Lipinski definition) is 1. The molecule has 5 nitrogen and oxygen atoms in total. The predicted molar refractivity (Wildman–Crippen MR) is 99.2 cm³/mol. The van der Waals surface area contributed by atoms with Gasteiger partial charge in [-0.1, -0.05) is 0 Å². The molecule has 1 saturated carbocycles. The van der Waals surface area contributed by atoms with Gasteiger partial charge in [0.15, 0.2) is 0 Å². The molecule has 2 aromatic rings. The van der Waals surface area contributed by atoms with Crippen molar-refractivity contribution in [2.24, 2.45) is 0 Å². The van der Waals surface area contributed by atoms with Gasteiger partial charge in [-0.25, -0.2) is 4.39 Å². The van der Waals surface area contributed by atoms with E-state index < -0.39 is 11.8 Å². The number of carbonyl (C=O) groups excluding carboxylic acids is 1. The van der Waals surface area contributed by atoms with Gasteiger partial charge in [0, 0.05) is 36.0 Å². The number of aliphatic carboxylic acids is 1. The monoisotopic (exact) mass is 370 g/mol. The molecule has 1 saturated heterocycles. The standard InChI is InChI=1S/C21H23FN2O3/c22-14-6-8-18-16(11-14)17(12-19(23-18)13-4-5-13)21(27)24-10-2-1-3-15(24)7-9-20(25)26/h6,8,11-13,15H,1-5,7,9-10H2,(H,25,26). The topological polar surface area (TPSA) is 70.5 Å². The van der Waals surface area contributed by atoms with Crippen LogP contribution in [-0.4, -0.2) is 39.5 Å². The SMILES string of the molecule is O=C(O)CCC1CCCCN1C(=O)c1cc(C2CC2)nc2ccc(F)cc12. The highest BCUT2D eigenvalue weighted by Gasteiger charge is 2.31. The molecule has 1 N–H and O–H groups in total. The Kier molecular flexibility index (Phi) is 4.81. The number of hydrogen-bond acceptors (Lipinski definition) is 3. The zero-order valence-corrected chi connectivity index (χ0v) is 15.2. The average Bonchev–Trinajstić information content (AvgIpc) is 3.50. The summed E-state index contributed by atoms with van der Waals surface area (Å²) in [4.78, 5) is 30.8. The van der Waals surface area contributed by atoms with Gasteiger partial charge in [-0.2, -0.15) is 0 Å². The van der Waals surface area contributed by atoms with Crippen molar-refractivity contribution in [1.29, 1.82) is 0 Å². The van der Waals surface area contributed by atoms with Crippen molar-refractivity contribution < 1.29 is 19.1 Å². The molecule has 4 rings (SSSR count). The first kappa shape index (κ1) is 17.9. The molecule has 1 atom stereocenters. The van der Waals surface area contributed by atoms with Gasteiger partial charge in [0.05, 0.1) is 11.1 Å². The van der Waals surface area contributed by atoms with E-state index in [1.807, 2.05) is 6.07 Å². The summed E-state index contributed by atoms with van der Waals surface area (Å²) in [7, 11) is 0. The summed E-state index contributed by atoms with van der Waals surface area (Å²) in [6, 6.07) is 6.12. The molecule has 142 valence electrons. The minimum absolute atomic E-state index is 0.0491. The van der Waals surface area contributed by atoms with E-state index in [4.69, 9.17) is 5.11 Å². The second kappa shape index (κ2) is 7.25. The maximum absolute atomic E-state index is 13.9. The Bertz CT molecular complexity index is 894. The van der Waals surface area contributed by atoms with Gasteiger partial charge in [-0.15, -0.1) is 0 Å². The molecule has 1 aromatic heterocycles. The smallest absolute Gasteiger partial charge is 0.303 e. The molecule has 0 spiro atoms. The third-order valence-corrected chi connectivity index (χ3v) is 5.60. The van der Waals surface area contributed by atoms with Crippen LogP contribution in [0.2, 0.25) is 0 Å². The maximum atomic E-state index is 13.9. The van der Waals surface area contributed by atoms with Gasteiger partial charge in [0.25, 0.3) is 5.91 Å². The minimum Gasteiger partial charge on any atom is -0.481 e. The lowest BCUT2D eigenvalue weighted by Crippen LogP contribution is -2.44. The van der Waals surface area contributed by atoms with Crippen molar-refractivity contribution in [3.05, 3.63) is 41.3 Å². The molecule has 2 aliphatic rings. The van der Waals surface area contributed by atoms with Crippen LogP contribution in [0.25, 0.3) is 10.9 Å². The van der Waals surface area contributed by atoms with Crippen LogP contribution in [0.5, 0.6) is 0 Å². The lowest BCUT2D eigenvalue weighted by molar-refractivity contribution is -0.137. The highest BCUT2D eigenvalue weighted by atomic mass is 19.1. The third kappa shape index (κ3) is 3.80. The Balaban J connectivity index is 1.71. The first-order valence-electron chi connectivity index (χ1n) is 9.66. The summed E-state index contributed by atoms with van der Waals surface area (Å²) in [5.74, 6) is -0.987. The first-order chi connectivity index (χ1) is 13.0. The van der Waals surface area contributed by atoms with Crippen molar-refractivity contribution in [2.75, 3.05) is 6.54 Å². The second-order valence-corrected chi connectivity index (χ2v) is 7.61. The zero-order valence-electron chi connectivity index (χ0n) is 15.2. The number of amides is 1. The van der Waals surface area contributed by atoms with E-state index in [0.717, 1.165) is 37.8 Å². The lowest BCUT2D eigenvalue weighted by Gasteiger charge is -2.36. The summed E-state index contributed by atoms with van der Waals surface area (Å²) in [5, 5.41) is 9.54. The Morgan fingerprint density at radius 2 is 2.00 bits per heavy atom. The van der Waals surface area contributed by atoms with Gasteiger partial charge in [0.1, 0.15) is 5.82 Å². The van der Waals surface area contributed by atoms with Crippen LogP contribution < -0.4 is 0 Å². The van der Waals surface area contributed by atoms with E-state index in [9.17, 15) is 14.0 Å². The number of carbonyl (C=O) groups is 2. The Morgan fingerprint density at radius 1 is 1.19 bits per heavy atom. The molecule has 0 radical (unpaired) electrons. The van der Waals surface area contributed by atoms with Crippen LogP contribution in [0.4, 0.5) is 4.39 Å². The number of benzene rings is 1. The number of aromatic nitrogens is 1. The largest absolute Gasteiger partial charge is 0.481 e. The Labute approximate surface area is 157 Å². The quantitative estimate of drug-likeness (QED) is 0.860. The summed E-state index contributed by atoms with van der Waals surface area (Å²) in [5.41, 5.74) is 2.03. The summed E-state index contributed by atoms with van der Waals surface area (Å²) in [6.07, 6.45) is 5.35. The molecule has 1 unspecified atom stereocenters. The number of carboxylic acid groups (broad SMARTS) is 1. The van der Waals surface area contributed by atoms with E-state index in [1.165, 1.54) is 12.1 Å². The molecule has 1 aliphatic heterocycles. The van der Waals surface area contributed by atoms with Crippen molar-refractivity contribution in [1.82, 2.24) is 9.88 Å². The fourth-order valence-corrected chi connectivity index (χ4v) is 4.00. The van der Waals surface area contributed by atoms with Crippen molar-refractivity contribution in [3.63, 3.8) is 0 Å². The Morgan fingerprint density at radius 3 is 2.74 bits per heavy atom. The number of nitrogens with zero attached hydrogens (tertiary/aromatic N) is 2. The number of halogens is 1. The lowest BCUT2D eigenvalue weighted by atomic mass is 9.96. The fourth-order valence-electron chi connectivity index (χ4n) is 4.00. The predicted octanol–water partition coefficient (Wildman–Crippen LogP) is 4.11. The van der Waals surface area contributed by atoms with Gasteiger partial charge < -0.3 is 10.0 Å². The molecular formula is C21H23FN2O3. The highest BCUT2D eigenvalue weighted by molar-refractivity contribution is 6.06. The molecule has 0 bridgehead atoms. The Hall–Kier alpha value is -2.50. The third-order valence-electron chi connectivity index (χ3n) is 5.60. The molecule has 6 heteroatoms. The summed E-state index contributed by atoms with van der Waals surface area (Å²) >= 11 is 0. The highest BCUT2D eigenvalue weighted by Crippen LogP contribution is 2.40. The van der Waals surface area contributed by atoms with E-state index in [2.05, 4.69) is 4.98 Å². The van der Waals surface area contributed by atoms with Crippen molar-refractivity contribution in [3.8, 4) is 0 Å². The van der Waals surface area contributed by atoms with Crippen LogP contribution in [0, 0.1) is 5.82 Å². The second-order valence-electron chi connectivity index (χ2n) is 7.61. The van der Waals surface area contributed by atoms with E-state index in [0.29, 0.717) is 35.3 Å². The molecule has 27 heavy (non-hydrogen) atoms. The van der Waals surface area contributed by atoms with Gasteiger partial charge >= 0.3 is 5.97 Å². The number of fused-ring (bicyclic) bond motifs is 1. The van der Waals surface area contributed by atoms with E-state index >= 15 is 0 Å². The minimum atomic E-state index is -0.847. The van der Waals surface area contributed by atoms with E-state index in [-0.39, 0.29) is 18.4 Å². The normalized spacial score (nSPS) is 20.0. The molecular weight excluding hydrogens is 347 g/mol. The number of piperidine rings is 1. The zero-order chi connectivity index (χ0) is 19.0. The van der Waals surface area contributed by atoms with Crippen LogP contribution >= 0.6 is 0 Å². The molecule has 1 amide bonds. The first-order valence-corrected chi connectivity index (χ1v) is 9.66. The summed E-state index contributed by atoms with van der Waals surface area (Å²) < 4.78 is 13.9. The van der Waals surface area contributed by atoms with Crippen LogP contribution in [-0.2, 0) is 4.79 Å². The fraction of sp³-hybridized carbons (Fsp3) is 0.476. The van der Waals surface area contributed by atoms with Crippen LogP contribution in [0.15, 0.2) is 24.3 Å². The molecule has 2 heterocycles. The number of carboxylic acids is 1. The van der Waals surface area contributed by atoms with Crippen molar-refractivity contribution >= 4 is 22.8 Å². The van der Waals surface area contributed by atoms with Crippen molar-refractivity contribution in [2.45, 2.75) is 56.9 Å². The molecule has 2 fully saturated rings. The van der Waals surface area contributed by atoms with Gasteiger partial charge in [0.2, 0.25) is 0 Å². The van der Waals surface area contributed by atoms with Crippen LogP contribution in [0.1, 0.15) is 66.9 Å². The van der Waals surface area contributed by atoms with Gasteiger partial charge in [-0.05, 0) is 62.8 Å². The number of rotatable bonds is 5. The van der Waals surface area contributed by atoms with Gasteiger partial charge in [-0.3, -0.25) is 14.6 Å². The number of pyridine rings is 1.